The van der Waals surface area contributed by atoms with E-state index >= 15 is 0 Å². The molecule has 0 amide bonds. The van der Waals surface area contributed by atoms with Crippen LogP contribution in [0.4, 0.5) is 0 Å². The fourth-order valence-electron chi connectivity index (χ4n) is 3.04. The third kappa shape index (κ3) is 5.27. The van der Waals surface area contributed by atoms with Gasteiger partial charge in [-0.2, -0.15) is 0 Å². The van der Waals surface area contributed by atoms with Gasteiger partial charge < -0.3 is 10.6 Å². The van der Waals surface area contributed by atoms with E-state index in [0.717, 1.165) is 32.0 Å². The van der Waals surface area contributed by atoms with Crippen molar-refractivity contribution in [2.24, 2.45) is 4.99 Å². The average molecular weight is 344 g/mol. The molecule has 0 unspecified atom stereocenters. The molecule has 3 nitrogen and oxygen atoms in total. The number of nitrogens with one attached hydrogen (secondary N) is 2. The third-order valence-electron chi connectivity index (χ3n) is 4.28. The number of halogens is 1. The molecule has 0 bridgehead atoms. The van der Waals surface area contributed by atoms with Gasteiger partial charge in [0.25, 0.3) is 0 Å². The molecule has 3 rings (SSSR count). The van der Waals surface area contributed by atoms with Gasteiger partial charge in [-0.25, -0.2) is 0 Å². The molecule has 0 saturated carbocycles. The molecule has 2 aromatic carbocycles. The smallest absolute Gasteiger partial charge is 0.191 e. The summed E-state index contributed by atoms with van der Waals surface area (Å²) in [6.45, 7) is 2.86. The number of aliphatic imine (C=N–C) groups is 1. The standard InChI is InChI=1S/C20H25N3.ClH/c1-3-9-17(10-4-1)19(18-11-5-2-6-12-18)13-16-23-20-21-14-7-8-15-22-20;/h1-6,9-12,19H,7-8,13-16H2,(H2,21,22,23);1H. The largest absolute Gasteiger partial charge is 0.356 e. The quantitative estimate of drug-likeness (QED) is 0.862. The Morgan fingerprint density at radius 1 is 0.917 bits per heavy atom. The Labute approximate surface area is 151 Å². The highest BCUT2D eigenvalue weighted by Gasteiger charge is 2.13. The summed E-state index contributed by atoms with van der Waals surface area (Å²) in [5.74, 6) is 1.37. The Balaban J connectivity index is 0.00000208. The van der Waals surface area contributed by atoms with Crippen LogP contribution in [0.5, 0.6) is 0 Å². The highest BCUT2D eigenvalue weighted by Crippen LogP contribution is 2.27. The fraction of sp³-hybridized carbons (Fsp3) is 0.350. The minimum absolute atomic E-state index is 0. The molecule has 0 atom stereocenters. The molecule has 0 aliphatic carbocycles. The van der Waals surface area contributed by atoms with Crippen LogP contribution in [0.3, 0.4) is 0 Å². The normalized spacial score (nSPS) is 14.1. The van der Waals surface area contributed by atoms with E-state index in [4.69, 9.17) is 0 Å². The molecule has 0 saturated heterocycles. The van der Waals surface area contributed by atoms with Crippen molar-refractivity contribution < 1.29 is 0 Å². The number of rotatable bonds is 5. The average Bonchev–Trinajstić information content (AvgIpc) is 2.89. The molecule has 2 N–H and O–H groups in total. The Hall–Kier alpha value is -2.00. The van der Waals surface area contributed by atoms with Crippen LogP contribution in [0.25, 0.3) is 0 Å². The maximum atomic E-state index is 4.56. The first-order chi connectivity index (χ1) is 11.4. The van der Waals surface area contributed by atoms with Crippen molar-refractivity contribution in [3.05, 3.63) is 71.8 Å². The lowest BCUT2D eigenvalue weighted by atomic mass is 9.88. The zero-order valence-electron chi connectivity index (χ0n) is 13.9. The zero-order chi connectivity index (χ0) is 15.7. The van der Waals surface area contributed by atoms with Crippen LogP contribution < -0.4 is 10.6 Å². The minimum atomic E-state index is 0. The fourth-order valence-corrected chi connectivity index (χ4v) is 3.04. The first-order valence-electron chi connectivity index (χ1n) is 8.55. The Kier molecular flexibility index (Phi) is 7.63. The summed E-state index contributed by atoms with van der Waals surface area (Å²) in [4.78, 5) is 4.56. The summed E-state index contributed by atoms with van der Waals surface area (Å²) in [5.41, 5.74) is 2.74. The summed E-state index contributed by atoms with van der Waals surface area (Å²) < 4.78 is 0. The van der Waals surface area contributed by atoms with E-state index in [1.54, 1.807) is 0 Å². The maximum absolute atomic E-state index is 4.56. The van der Waals surface area contributed by atoms with Gasteiger partial charge in [-0.3, -0.25) is 4.99 Å². The van der Waals surface area contributed by atoms with E-state index in [2.05, 4.69) is 76.3 Å². The SMILES string of the molecule is Cl.c1ccc(C(CCNC2=NCCCCN2)c2ccccc2)cc1. The van der Waals surface area contributed by atoms with E-state index in [1.165, 1.54) is 24.0 Å². The lowest BCUT2D eigenvalue weighted by Crippen LogP contribution is -2.37. The predicted molar refractivity (Wildman–Crippen MR) is 104 cm³/mol. The summed E-state index contributed by atoms with van der Waals surface area (Å²) in [7, 11) is 0. The molecular formula is C20H26ClN3. The molecule has 1 heterocycles. The van der Waals surface area contributed by atoms with E-state index in [-0.39, 0.29) is 12.4 Å². The molecule has 1 aliphatic heterocycles. The number of benzene rings is 2. The van der Waals surface area contributed by atoms with Crippen LogP contribution in [0.1, 0.15) is 36.3 Å². The summed E-state index contributed by atoms with van der Waals surface area (Å²) >= 11 is 0. The predicted octanol–water partition coefficient (Wildman–Crippen LogP) is 3.96. The van der Waals surface area contributed by atoms with Crippen LogP contribution in [-0.4, -0.2) is 25.6 Å². The van der Waals surface area contributed by atoms with Crippen LogP contribution in [0.2, 0.25) is 0 Å². The number of nitrogens with zero attached hydrogens (tertiary/aromatic N) is 1. The molecule has 0 aromatic heterocycles. The molecule has 24 heavy (non-hydrogen) atoms. The first-order valence-corrected chi connectivity index (χ1v) is 8.55. The summed E-state index contributed by atoms with van der Waals surface area (Å²) in [6, 6.07) is 21.5. The van der Waals surface area contributed by atoms with Gasteiger partial charge in [0.1, 0.15) is 0 Å². The first kappa shape index (κ1) is 18.3. The molecule has 2 aromatic rings. The highest BCUT2D eigenvalue weighted by molar-refractivity contribution is 5.85. The monoisotopic (exact) mass is 343 g/mol. The van der Waals surface area contributed by atoms with Gasteiger partial charge in [-0.05, 0) is 30.4 Å². The number of guanidine groups is 1. The molecule has 4 heteroatoms. The van der Waals surface area contributed by atoms with Crippen LogP contribution in [-0.2, 0) is 0 Å². The van der Waals surface area contributed by atoms with Gasteiger partial charge >= 0.3 is 0 Å². The van der Waals surface area contributed by atoms with Gasteiger partial charge in [-0.15, -0.1) is 12.4 Å². The highest BCUT2D eigenvalue weighted by atomic mass is 35.5. The second-order valence-corrected chi connectivity index (χ2v) is 5.95. The van der Waals surface area contributed by atoms with Crippen molar-refractivity contribution in [3.8, 4) is 0 Å². The Bertz CT molecular complexity index is 574. The van der Waals surface area contributed by atoms with Gasteiger partial charge in [0, 0.05) is 25.6 Å². The summed E-state index contributed by atoms with van der Waals surface area (Å²) in [6.07, 6.45) is 3.43. The van der Waals surface area contributed by atoms with Crippen molar-refractivity contribution in [1.82, 2.24) is 10.6 Å². The van der Waals surface area contributed by atoms with Gasteiger partial charge in [-0.1, -0.05) is 60.7 Å². The van der Waals surface area contributed by atoms with Crippen molar-refractivity contribution in [2.75, 3.05) is 19.6 Å². The lowest BCUT2D eigenvalue weighted by Gasteiger charge is -2.19. The van der Waals surface area contributed by atoms with E-state index in [0.29, 0.717) is 5.92 Å². The second kappa shape index (κ2) is 9.99. The Morgan fingerprint density at radius 3 is 2.17 bits per heavy atom. The molecule has 0 spiro atoms. The van der Waals surface area contributed by atoms with Crippen LogP contribution in [0, 0.1) is 0 Å². The number of hydrogen-bond acceptors (Lipinski definition) is 3. The van der Waals surface area contributed by atoms with Gasteiger partial charge in [0.05, 0.1) is 0 Å². The minimum Gasteiger partial charge on any atom is -0.356 e. The van der Waals surface area contributed by atoms with Crippen LogP contribution >= 0.6 is 12.4 Å². The molecule has 128 valence electrons. The van der Waals surface area contributed by atoms with Crippen molar-refractivity contribution in [2.45, 2.75) is 25.2 Å². The second-order valence-electron chi connectivity index (χ2n) is 5.95. The van der Waals surface area contributed by atoms with Crippen molar-refractivity contribution >= 4 is 18.4 Å². The lowest BCUT2D eigenvalue weighted by molar-refractivity contribution is 0.679. The van der Waals surface area contributed by atoms with Crippen molar-refractivity contribution in [3.63, 3.8) is 0 Å². The molecule has 0 fully saturated rings. The summed E-state index contributed by atoms with van der Waals surface area (Å²) in [5, 5.41) is 6.84. The van der Waals surface area contributed by atoms with E-state index in [1.807, 2.05) is 0 Å². The molecule has 0 radical (unpaired) electrons. The maximum Gasteiger partial charge on any atom is 0.191 e. The van der Waals surface area contributed by atoms with Gasteiger partial charge in [0.2, 0.25) is 0 Å². The number of hydrogen-bond donors (Lipinski definition) is 2. The van der Waals surface area contributed by atoms with E-state index < -0.39 is 0 Å². The Morgan fingerprint density at radius 2 is 1.54 bits per heavy atom. The van der Waals surface area contributed by atoms with Crippen LogP contribution in [0.15, 0.2) is 65.7 Å². The van der Waals surface area contributed by atoms with Gasteiger partial charge in [0.15, 0.2) is 5.96 Å². The molecular weight excluding hydrogens is 318 g/mol. The van der Waals surface area contributed by atoms with Crippen molar-refractivity contribution in [1.29, 1.82) is 0 Å². The third-order valence-corrected chi connectivity index (χ3v) is 4.28. The zero-order valence-corrected chi connectivity index (χ0v) is 14.8. The van der Waals surface area contributed by atoms with E-state index in [9.17, 15) is 0 Å². The topological polar surface area (TPSA) is 36.4 Å². The molecule has 1 aliphatic rings.